The number of hydrogen-bond donors (Lipinski definition) is 1. The minimum absolute atomic E-state index is 0.256. The molecule has 2 atom stereocenters. The molecule has 0 saturated carbocycles. The molecule has 2 N–H and O–H groups in total. The highest BCUT2D eigenvalue weighted by Crippen LogP contribution is 2.29. The molecule has 28 heavy (non-hydrogen) atoms. The van der Waals surface area contributed by atoms with Crippen molar-refractivity contribution in [1.82, 2.24) is 14.7 Å². The van der Waals surface area contributed by atoms with Crippen molar-refractivity contribution in [3.63, 3.8) is 0 Å². The molecule has 2 aliphatic heterocycles. The zero-order chi connectivity index (χ0) is 19.6. The Morgan fingerprint density at radius 3 is 2.46 bits per heavy atom. The molecule has 0 amide bonds. The molecule has 2 saturated heterocycles. The van der Waals surface area contributed by atoms with Gasteiger partial charge in [-0.25, -0.2) is 8.78 Å². The van der Waals surface area contributed by atoms with E-state index in [1.807, 2.05) is 18.2 Å². The molecule has 0 bridgehead atoms. The maximum absolute atomic E-state index is 14.6. The smallest absolute Gasteiger partial charge is 0.202 e. The molecule has 0 aromatic heterocycles. The summed E-state index contributed by atoms with van der Waals surface area (Å²) >= 11 is 0. The SMILES string of the molecule is NC1(F)CC=CC=C1N1CCN(CC2CCN(C3=CC(F)CC=C3)CC2)CC1. The van der Waals surface area contributed by atoms with E-state index in [0.717, 1.165) is 64.4 Å². The van der Waals surface area contributed by atoms with Crippen LogP contribution in [0.1, 0.15) is 25.7 Å². The summed E-state index contributed by atoms with van der Waals surface area (Å²) in [6.45, 7) is 6.68. The fourth-order valence-corrected chi connectivity index (χ4v) is 4.76. The number of piperidine rings is 1. The lowest BCUT2D eigenvalue weighted by atomic mass is 9.94. The Hall–Kier alpha value is -1.66. The van der Waals surface area contributed by atoms with E-state index in [-0.39, 0.29) is 6.42 Å². The number of rotatable bonds is 4. The topological polar surface area (TPSA) is 35.7 Å². The summed E-state index contributed by atoms with van der Waals surface area (Å²) in [5, 5.41) is 0. The van der Waals surface area contributed by atoms with Gasteiger partial charge in [0.15, 0.2) is 0 Å². The van der Waals surface area contributed by atoms with Crippen molar-refractivity contribution in [3.05, 3.63) is 47.9 Å². The van der Waals surface area contributed by atoms with E-state index in [0.29, 0.717) is 18.0 Å². The number of nitrogens with zero attached hydrogens (tertiary/aromatic N) is 3. The number of alkyl halides is 2. The summed E-state index contributed by atoms with van der Waals surface area (Å²) in [4.78, 5) is 6.93. The van der Waals surface area contributed by atoms with Crippen LogP contribution in [0, 0.1) is 5.92 Å². The quantitative estimate of drug-likeness (QED) is 0.749. The Bertz CT molecular complexity index is 666. The minimum Gasteiger partial charge on any atom is -0.372 e. The van der Waals surface area contributed by atoms with Crippen LogP contribution in [-0.4, -0.2) is 72.5 Å². The van der Waals surface area contributed by atoms with Crippen molar-refractivity contribution in [2.45, 2.75) is 37.6 Å². The first kappa shape index (κ1) is 19.6. The van der Waals surface area contributed by atoms with Gasteiger partial charge in [0.25, 0.3) is 0 Å². The molecule has 154 valence electrons. The molecule has 0 spiro atoms. The number of allylic oxidation sites excluding steroid dienone is 5. The zero-order valence-corrected chi connectivity index (χ0v) is 16.6. The van der Waals surface area contributed by atoms with Gasteiger partial charge in [-0.05, 0) is 37.0 Å². The van der Waals surface area contributed by atoms with Gasteiger partial charge in [0.05, 0.1) is 5.70 Å². The Balaban J connectivity index is 1.22. The van der Waals surface area contributed by atoms with Crippen LogP contribution in [0.25, 0.3) is 0 Å². The highest BCUT2D eigenvalue weighted by molar-refractivity contribution is 5.26. The van der Waals surface area contributed by atoms with Gasteiger partial charge < -0.3 is 9.80 Å². The second-order valence-electron chi connectivity index (χ2n) is 8.51. The predicted molar refractivity (Wildman–Crippen MR) is 109 cm³/mol. The summed E-state index contributed by atoms with van der Waals surface area (Å²) < 4.78 is 28.2. The van der Waals surface area contributed by atoms with Crippen LogP contribution >= 0.6 is 0 Å². The molecule has 2 unspecified atom stereocenters. The van der Waals surface area contributed by atoms with Gasteiger partial charge >= 0.3 is 0 Å². The lowest BCUT2D eigenvalue weighted by molar-refractivity contribution is 0.0887. The summed E-state index contributed by atoms with van der Waals surface area (Å²) in [7, 11) is 0. The van der Waals surface area contributed by atoms with Gasteiger partial charge in [-0.1, -0.05) is 18.2 Å². The molecule has 4 nitrogen and oxygen atoms in total. The van der Waals surface area contributed by atoms with Crippen molar-refractivity contribution in [3.8, 4) is 0 Å². The van der Waals surface area contributed by atoms with Gasteiger partial charge in [0, 0.05) is 64.4 Å². The largest absolute Gasteiger partial charge is 0.372 e. The highest BCUT2D eigenvalue weighted by Gasteiger charge is 2.35. The van der Waals surface area contributed by atoms with Crippen LogP contribution in [0.2, 0.25) is 0 Å². The van der Waals surface area contributed by atoms with E-state index in [4.69, 9.17) is 5.73 Å². The standard InChI is InChI=1S/C22H32F2N4/c23-19-4-3-5-20(16-19)27-10-7-18(8-11-27)17-26-12-14-28(15-13-26)21-6-1-2-9-22(21,24)25/h1-3,5-6,16,18-19H,4,7-15,17,25H2. The monoisotopic (exact) mass is 390 g/mol. The second-order valence-corrected chi connectivity index (χ2v) is 8.51. The molecule has 4 rings (SSSR count). The van der Waals surface area contributed by atoms with Crippen LogP contribution in [0.4, 0.5) is 8.78 Å². The van der Waals surface area contributed by atoms with Crippen LogP contribution in [0.3, 0.4) is 0 Å². The number of nitrogens with two attached hydrogens (primary N) is 1. The summed E-state index contributed by atoms with van der Waals surface area (Å²) in [6.07, 6.45) is 13.5. The second kappa shape index (κ2) is 8.37. The van der Waals surface area contributed by atoms with Crippen molar-refractivity contribution in [2.75, 3.05) is 45.8 Å². The summed E-state index contributed by atoms with van der Waals surface area (Å²) in [5.74, 6) is -1.05. The maximum atomic E-state index is 14.6. The van der Waals surface area contributed by atoms with Crippen molar-refractivity contribution in [2.24, 2.45) is 11.7 Å². The third kappa shape index (κ3) is 4.49. The molecule has 2 aliphatic carbocycles. The first-order valence-electron chi connectivity index (χ1n) is 10.6. The van der Waals surface area contributed by atoms with E-state index in [2.05, 4.69) is 20.8 Å². The van der Waals surface area contributed by atoms with Crippen LogP contribution in [-0.2, 0) is 0 Å². The maximum Gasteiger partial charge on any atom is 0.202 e. The zero-order valence-electron chi connectivity index (χ0n) is 16.6. The fraction of sp³-hybridized carbons (Fsp3) is 0.636. The molecular weight excluding hydrogens is 358 g/mol. The Morgan fingerprint density at radius 1 is 1.04 bits per heavy atom. The normalized spacial score (nSPS) is 32.5. The number of likely N-dealkylation sites (tertiary alicyclic amines) is 1. The average Bonchev–Trinajstić information content (AvgIpc) is 2.69. The number of piperazine rings is 1. The van der Waals surface area contributed by atoms with E-state index in [9.17, 15) is 8.78 Å². The third-order valence-corrected chi connectivity index (χ3v) is 6.44. The van der Waals surface area contributed by atoms with Crippen LogP contribution < -0.4 is 5.73 Å². The third-order valence-electron chi connectivity index (χ3n) is 6.44. The lowest BCUT2D eigenvalue weighted by Gasteiger charge is -2.43. The van der Waals surface area contributed by atoms with Crippen molar-refractivity contribution >= 4 is 0 Å². The Kier molecular flexibility index (Phi) is 5.88. The van der Waals surface area contributed by atoms with E-state index in [1.165, 1.54) is 0 Å². The molecule has 6 heteroatoms. The highest BCUT2D eigenvalue weighted by atomic mass is 19.1. The Morgan fingerprint density at radius 2 is 1.79 bits per heavy atom. The van der Waals surface area contributed by atoms with Crippen molar-refractivity contribution in [1.29, 1.82) is 0 Å². The fourth-order valence-electron chi connectivity index (χ4n) is 4.76. The average molecular weight is 391 g/mol. The van der Waals surface area contributed by atoms with Gasteiger partial charge in [0.1, 0.15) is 6.17 Å². The molecule has 4 aliphatic rings. The number of halogens is 2. The number of hydrogen-bond acceptors (Lipinski definition) is 4. The van der Waals surface area contributed by atoms with E-state index < -0.39 is 12.0 Å². The molecule has 0 aromatic carbocycles. The molecular formula is C22H32F2N4. The molecule has 2 heterocycles. The van der Waals surface area contributed by atoms with Crippen LogP contribution in [0.15, 0.2) is 47.9 Å². The van der Waals surface area contributed by atoms with Gasteiger partial charge in [-0.15, -0.1) is 0 Å². The predicted octanol–water partition coefficient (Wildman–Crippen LogP) is 2.97. The van der Waals surface area contributed by atoms with E-state index >= 15 is 0 Å². The molecule has 0 radical (unpaired) electrons. The summed E-state index contributed by atoms with van der Waals surface area (Å²) in [5.41, 5.74) is 7.52. The van der Waals surface area contributed by atoms with E-state index in [1.54, 1.807) is 12.2 Å². The molecule has 0 aromatic rings. The van der Waals surface area contributed by atoms with Crippen LogP contribution in [0.5, 0.6) is 0 Å². The lowest BCUT2D eigenvalue weighted by Crippen LogP contribution is -2.53. The van der Waals surface area contributed by atoms with Gasteiger partial charge in [0.2, 0.25) is 5.79 Å². The first-order valence-corrected chi connectivity index (χ1v) is 10.6. The first-order chi connectivity index (χ1) is 13.5. The Labute approximate surface area is 167 Å². The minimum atomic E-state index is -1.73. The molecule has 2 fully saturated rings. The van der Waals surface area contributed by atoms with Gasteiger partial charge in [-0.2, -0.15) is 0 Å². The van der Waals surface area contributed by atoms with Gasteiger partial charge in [-0.3, -0.25) is 10.6 Å². The summed E-state index contributed by atoms with van der Waals surface area (Å²) in [6, 6.07) is 0. The van der Waals surface area contributed by atoms with Crippen molar-refractivity contribution < 1.29 is 8.78 Å².